The smallest absolute Gasteiger partial charge is 0.143 e. The van der Waals surface area contributed by atoms with Gasteiger partial charge in [0.2, 0.25) is 0 Å². The number of rotatable bonds is 5. The molecule has 1 N–H and O–H groups in total. The van der Waals surface area contributed by atoms with Crippen LogP contribution < -0.4 is 10.1 Å². The monoisotopic (exact) mass is 270 g/mol. The lowest BCUT2D eigenvalue weighted by Crippen LogP contribution is -2.07. The van der Waals surface area contributed by atoms with E-state index >= 15 is 0 Å². The Bertz CT molecular complexity index is 627. The van der Waals surface area contributed by atoms with Gasteiger partial charge in [-0.15, -0.1) is 0 Å². The van der Waals surface area contributed by atoms with Gasteiger partial charge in [-0.1, -0.05) is 0 Å². The van der Waals surface area contributed by atoms with E-state index in [2.05, 4.69) is 30.3 Å². The van der Waals surface area contributed by atoms with Crippen LogP contribution in [0, 0.1) is 11.3 Å². The second-order valence-electron chi connectivity index (χ2n) is 4.52. The first-order valence-corrected chi connectivity index (χ1v) is 6.55. The van der Waals surface area contributed by atoms with Crippen LogP contribution in [0.15, 0.2) is 30.6 Å². The second kappa shape index (κ2) is 6.11. The van der Waals surface area contributed by atoms with E-state index in [-0.39, 0.29) is 6.04 Å². The van der Waals surface area contributed by atoms with Crippen molar-refractivity contribution in [3.05, 3.63) is 41.7 Å². The van der Waals surface area contributed by atoms with Crippen LogP contribution in [0.1, 0.15) is 31.0 Å². The van der Waals surface area contributed by atoms with E-state index in [1.807, 2.05) is 23.1 Å². The Morgan fingerprint density at radius 1 is 1.50 bits per heavy atom. The summed E-state index contributed by atoms with van der Waals surface area (Å²) in [5.74, 6) is 0.666. The van der Waals surface area contributed by atoms with Crippen LogP contribution in [0.3, 0.4) is 0 Å². The maximum atomic E-state index is 8.90. The molecule has 0 aliphatic carbocycles. The summed E-state index contributed by atoms with van der Waals surface area (Å²) in [6.07, 6.45) is 3.88. The summed E-state index contributed by atoms with van der Waals surface area (Å²) in [6, 6.07) is 7.57. The number of ether oxygens (including phenoxy) is 1. The molecule has 0 aliphatic heterocycles. The molecule has 0 fully saturated rings. The van der Waals surface area contributed by atoms with Crippen molar-refractivity contribution in [2.24, 2.45) is 0 Å². The number of nitriles is 1. The fraction of sp³-hybridized carbons (Fsp3) is 0.333. The summed E-state index contributed by atoms with van der Waals surface area (Å²) in [4.78, 5) is 0. The molecule has 0 saturated heterocycles. The number of hydrogen-bond donors (Lipinski definition) is 1. The molecule has 0 aliphatic rings. The SMILES string of the molecule is CCn1cc(C(C)Nc2ccc(C#N)cc2OC)cn1. The number of aryl methyl sites for hydroxylation is 1. The number of benzene rings is 1. The topological polar surface area (TPSA) is 62.9 Å². The average Bonchev–Trinajstić information content (AvgIpc) is 2.96. The molecule has 1 heterocycles. The van der Waals surface area contributed by atoms with Gasteiger partial charge in [0.15, 0.2) is 0 Å². The molecule has 1 atom stereocenters. The van der Waals surface area contributed by atoms with Gasteiger partial charge in [0.1, 0.15) is 5.75 Å². The third-order valence-electron chi connectivity index (χ3n) is 3.18. The highest BCUT2D eigenvalue weighted by Gasteiger charge is 2.11. The second-order valence-corrected chi connectivity index (χ2v) is 4.52. The van der Waals surface area contributed by atoms with Gasteiger partial charge in [-0.2, -0.15) is 10.4 Å². The van der Waals surface area contributed by atoms with Crippen molar-refractivity contribution in [1.29, 1.82) is 5.26 Å². The number of anilines is 1. The van der Waals surface area contributed by atoms with Gasteiger partial charge in [0.05, 0.1) is 36.7 Å². The van der Waals surface area contributed by atoms with Gasteiger partial charge in [-0.25, -0.2) is 0 Å². The third kappa shape index (κ3) is 2.91. The lowest BCUT2D eigenvalue weighted by Gasteiger charge is -2.16. The molecule has 1 aromatic carbocycles. The summed E-state index contributed by atoms with van der Waals surface area (Å²) in [5.41, 5.74) is 2.56. The maximum Gasteiger partial charge on any atom is 0.143 e. The van der Waals surface area contributed by atoms with Gasteiger partial charge in [-0.3, -0.25) is 4.68 Å². The van der Waals surface area contributed by atoms with E-state index in [0.29, 0.717) is 11.3 Å². The van der Waals surface area contributed by atoms with E-state index in [0.717, 1.165) is 17.8 Å². The van der Waals surface area contributed by atoms with E-state index < -0.39 is 0 Å². The Kier molecular flexibility index (Phi) is 4.26. The summed E-state index contributed by atoms with van der Waals surface area (Å²) in [7, 11) is 1.60. The summed E-state index contributed by atoms with van der Waals surface area (Å²) >= 11 is 0. The minimum atomic E-state index is 0.108. The first-order valence-electron chi connectivity index (χ1n) is 6.55. The van der Waals surface area contributed by atoms with Crippen molar-refractivity contribution in [1.82, 2.24) is 9.78 Å². The molecule has 0 spiro atoms. The average molecular weight is 270 g/mol. The van der Waals surface area contributed by atoms with Crippen LogP contribution in [0.5, 0.6) is 5.75 Å². The van der Waals surface area contributed by atoms with Crippen LogP contribution in [0.4, 0.5) is 5.69 Å². The molecule has 0 bridgehead atoms. The molecular weight excluding hydrogens is 252 g/mol. The lowest BCUT2D eigenvalue weighted by molar-refractivity contribution is 0.416. The number of hydrogen-bond acceptors (Lipinski definition) is 4. The lowest BCUT2D eigenvalue weighted by atomic mass is 10.1. The summed E-state index contributed by atoms with van der Waals surface area (Å²) in [6.45, 7) is 4.97. The first-order chi connectivity index (χ1) is 9.67. The van der Waals surface area contributed by atoms with E-state index in [1.165, 1.54) is 0 Å². The quantitative estimate of drug-likeness (QED) is 0.907. The molecular formula is C15H18N4O. The molecule has 0 saturated carbocycles. The highest BCUT2D eigenvalue weighted by Crippen LogP contribution is 2.29. The number of methoxy groups -OCH3 is 1. The van der Waals surface area contributed by atoms with E-state index in [1.54, 1.807) is 19.2 Å². The van der Waals surface area contributed by atoms with Crippen LogP contribution in [-0.4, -0.2) is 16.9 Å². The molecule has 2 rings (SSSR count). The van der Waals surface area contributed by atoms with Gasteiger partial charge in [-0.05, 0) is 26.0 Å². The van der Waals surface area contributed by atoms with Gasteiger partial charge < -0.3 is 10.1 Å². The van der Waals surface area contributed by atoms with Gasteiger partial charge in [0.25, 0.3) is 0 Å². The molecule has 0 radical (unpaired) electrons. The Labute approximate surface area is 118 Å². The van der Waals surface area contributed by atoms with Crippen molar-refractivity contribution in [2.45, 2.75) is 26.4 Å². The van der Waals surface area contributed by atoms with Crippen LogP contribution in [0.25, 0.3) is 0 Å². The number of nitrogens with one attached hydrogen (secondary N) is 1. The number of nitrogens with zero attached hydrogens (tertiary/aromatic N) is 3. The van der Waals surface area contributed by atoms with E-state index in [4.69, 9.17) is 10.00 Å². The van der Waals surface area contributed by atoms with Crippen molar-refractivity contribution < 1.29 is 4.74 Å². The molecule has 2 aromatic rings. The molecule has 1 unspecified atom stereocenters. The molecule has 5 nitrogen and oxygen atoms in total. The predicted molar refractivity (Wildman–Crippen MR) is 77.6 cm³/mol. The zero-order chi connectivity index (χ0) is 14.5. The molecule has 1 aromatic heterocycles. The van der Waals surface area contributed by atoms with Crippen molar-refractivity contribution in [3.8, 4) is 11.8 Å². The molecule has 104 valence electrons. The molecule has 20 heavy (non-hydrogen) atoms. The molecule has 5 heteroatoms. The first kappa shape index (κ1) is 13.9. The fourth-order valence-corrected chi connectivity index (χ4v) is 1.97. The minimum Gasteiger partial charge on any atom is -0.495 e. The standard InChI is InChI=1S/C15H18N4O/c1-4-19-10-13(9-17-19)11(2)18-14-6-5-12(8-16)7-15(14)20-3/h5-7,9-11,18H,4H2,1-3H3. The largest absolute Gasteiger partial charge is 0.495 e. The molecule has 0 amide bonds. The fourth-order valence-electron chi connectivity index (χ4n) is 1.97. The zero-order valence-electron chi connectivity index (χ0n) is 11.9. The minimum absolute atomic E-state index is 0.108. The Morgan fingerprint density at radius 2 is 2.30 bits per heavy atom. The number of aromatic nitrogens is 2. The van der Waals surface area contributed by atoms with Crippen molar-refractivity contribution in [2.75, 3.05) is 12.4 Å². The highest BCUT2D eigenvalue weighted by molar-refractivity contribution is 5.60. The van der Waals surface area contributed by atoms with Gasteiger partial charge in [0, 0.05) is 24.4 Å². The normalized spacial score (nSPS) is 11.7. The predicted octanol–water partition coefficient (Wildman–Crippen LogP) is 2.96. The third-order valence-corrected chi connectivity index (χ3v) is 3.18. The summed E-state index contributed by atoms with van der Waals surface area (Å²) < 4.78 is 7.21. The Morgan fingerprint density at radius 3 is 2.90 bits per heavy atom. The van der Waals surface area contributed by atoms with E-state index in [9.17, 15) is 0 Å². The summed E-state index contributed by atoms with van der Waals surface area (Å²) in [5, 5.41) is 16.5. The maximum absolute atomic E-state index is 8.90. The zero-order valence-corrected chi connectivity index (χ0v) is 11.9. The van der Waals surface area contributed by atoms with Crippen LogP contribution >= 0.6 is 0 Å². The Hall–Kier alpha value is -2.48. The van der Waals surface area contributed by atoms with Crippen LogP contribution in [0.2, 0.25) is 0 Å². The van der Waals surface area contributed by atoms with Crippen molar-refractivity contribution >= 4 is 5.69 Å². The van der Waals surface area contributed by atoms with Crippen LogP contribution in [-0.2, 0) is 6.54 Å². The Balaban J connectivity index is 2.19. The van der Waals surface area contributed by atoms with Crippen molar-refractivity contribution in [3.63, 3.8) is 0 Å². The van der Waals surface area contributed by atoms with Gasteiger partial charge >= 0.3 is 0 Å². The highest BCUT2D eigenvalue weighted by atomic mass is 16.5.